The molecule has 2 saturated carbocycles. The van der Waals surface area contributed by atoms with Gasteiger partial charge in [0.2, 0.25) is 0 Å². The van der Waals surface area contributed by atoms with Crippen LogP contribution in [0.15, 0.2) is 35.0 Å². The SMILES string of the molecule is C=C1CCC[C@]2(C)C[C@H]3OC(=O)[C@@H](CN4CCN(C(=O)c5ccco5)CC4)[C@@H]3C[C@H]12. The highest BCUT2D eigenvalue weighted by atomic mass is 16.6. The average Bonchev–Trinajstić information content (AvgIpc) is 3.35. The van der Waals surface area contributed by atoms with Crippen molar-refractivity contribution in [1.82, 2.24) is 9.80 Å². The van der Waals surface area contributed by atoms with Gasteiger partial charge in [0, 0.05) is 38.6 Å². The summed E-state index contributed by atoms with van der Waals surface area (Å²) in [6, 6.07) is 3.45. The van der Waals surface area contributed by atoms with Gasteiger partial charge in [-0.1, -0.05) is 19.1 Å². The van der Waals surface area contributed by atoms with E-state index in [1.165, 1.54) is 24.7 Å². The summed E-state index contributed by atoms with van der Waals surface area (Å²) in [5.74, 6) is 1.08. The lowest BCUT2D eigenvalue weighted by Crippen LogP contribution is -2.51. The zero-order valence-electron chi connectivity index (χ0n) is 17.8. The molecule has 5 rings (SSSR count). The number of allylic oxidation sites excluding steroid dienone is 1. The molecule has 2 aliphatic heterocycles. The second kappa shape index (κ2) is 7.56. The van der Waals surface area contributed by atoms with Crippen LogP contribution in [0.4, 0.5) is 0 Å². The Balaban J connectivity index is 1.21. The third kappa shape index (κ3) is 3.39. The van der Waals surface area contributed by atoms with E-state index < -0.39 is 0 Å². The molecule has 30 heavy (non-hydrogen) atoms. The smallest absolute Gasteiger partial charge is 0.310 e. The minimum atomic E-state index is -0.0541. The third-order valence-corrected chi connectivity index (χ3v) is 8.17. The third-order valence-electron chi connectivity index (χ3n) is 8.17. The van der Waals surface area contributed by atoms with Crippen LogP contribution in [0, 0.1) is 23.2 Å². The zero-order chi connectivity index (χ0) is 20.9. The maximum Gasteiger partial charge on any atom is 0.310 e. The van der Waals surface area contributed by atoms with Gasteiger partial charge in [0.25, 0.3) is 5.91 Å². The topological polar surface area (TPSA) is 63.0 Å². The van der Waals surface area contributed by atoms with Crippen LogP contribution in [0.25, 0.3) is 0 Å². The number of rotatable bonds is 3. The Morgan fingerprint density at radius 1 is 1.30 bits per heavy atom. The van der Waals surface area contributed by atoms with Gasteiger partial charge in [-0.2, -0.15) is 0 Å². The fourth-order valence-electron chi connectivity index (χ4n) is 6.43. The highest BCUT2D eigenvalue weighted by molar-refractivity contribution is 5.91. The van der Waals surface area contributed by atoms with Crippen molar-refractivity contribution in [1.29, 1.82) is 0 Å². The lowest BCUT2D eigenvalue weighted by Gasteiger charge is -2.50. The number of fused-ring (bicyclic) bond motifs is 2. The second-order valence-electron chi connectivity index (χ2n) is 9.97. The van der Waals surface area contributed by atoms with E-state index >= 15 is 0 Å². The predicted octanol–water partition coefficient (Wildman–Crippen LogP) is 3.35. The summed E-state index contributed by atoms with van der Waals surface area (Å²) in [6.07, 6.45) is 7.17. The number of hydrogen-bond acceptors (Lipinski definition) is 5. The standard InChI is InChI=1S/C24H32N2O4/c1-16-5-3-7-24(2)14-21-17(13-19(16)24)18(23(28)30-21)15-25-8-10-26(11-9-25)22(27)20-6-4-12-29-20/h4,6,12,17-19,21H,1,3,5,7-11,13-15H2,2H3/t17-,18-,19+,21+,24+/m0/s1. The van der Waals surface area contributed by atoms with Crippen molar-refractivity contribution in [3.05, 3.63) is 36.3 Å². The molecule has 0 unspecified atom stereocenters. The van der Waals surface area contributed by atoms with E-state index in [1.54, 1.807) is 12.1 Å². The van der Waals surface area contributed by atoms with Crippen LogP contribution < -0.4 is 0 Å². The van der Waals surface area contributed by atoms with Crippen LogP contribution in [0.5, 0.6) is 0 Å². The summed E-state index contributed by atoms with van der Waals surface area (Å²) in [7, 11) is 0. The van der Waals surface area contributed by atoms with Crippen LogP contribution in [0.1, 0.15) is 49.6 Å². The normalized spacial score (nSPS) is 36.9. The van der Waals surface area contributed by atoms with Crippen molar-refractivity contribution in [2.45, 2.75) is 45.1 Å². The van der Waals surface area contributed by atoms with Crippen molar-refractivity contribution >= 4 is 11.9 Å². The molecular weight excluding hydrogens is 380 g/mol. The number of hydrogen-bond donors (Lipinski definition) is 0. The van der Waals surface area contributed by atoms with Gasteiger partial charge in [-0.05, 0) is 55.6 Å². The summed E-state index contributed by atoms with van der Waals surface area (Å²) in [5, 5.41) is 0. The predicted molar refractivity (Wildman–Crippen MR) is 112 cm³/mol. The molecule has 1 aromatic rings. The molecule has 162 valence electrons. The molecule has 3 heterocycles. The number of furan rings is 1. The maximum absolute atomic E-state index is 12.8. The highest BCUT2D eigenvalue weighted by Gasteiger charge is 2.55. The van der Waals surface area contributed by atoms with Crippen molar-refractivity contribution in [2.24, 2.45) is 23.2 Å². The largest absolute Gasteiger partial charge is 0.462 e. The van der Waals surface area contributed by atoms with E-state index in [2.05, 4.69) is 18.4 Å². The van der Waals surface area contributed by atoms with E-state index in [0.717, 1.165) is 38.9 Å². The lowest BCUT2D eigenvalue weighted by molar-refractivity contribution is -0.146. The van der Waals surface area contributed by atoms with E-state index in [4.69, 9.17) is 9.15 Å². The van der Waals surface area contributed by atoms with Crippen molar-refractivity contribution in [3.63, 3.8) is 0 Å². The van der Waals surface area contributed by atoms with Gasteiger partial charge >= 0.3 is 5.97 Å². The molecule has 2 aliphatic carbocycles. The van der Waals surface area contributed by atoms with Crippen molar-refractivity contribution in [3.8, 4) is 0 Å². The average molecular weight is 413 g/mol. The van der Waals surface area contributed by atoms with Gasteiger partial charge in [-0.25, -0.2) is 0 Å². The first-order valence-corrected chi connectivity index (χ1v) is 11.4. The number of piperazine rings is 1. The Bertz CT molecular complexity index is 826. The highest BCUT2D eigenvalue weighted by Crippen LogP contribution is 2.56. The first kappa shape index (κ1) is 19.9. The lowest BCUT2D eigenvalue weighted by atomic mass is 9.55. The van der Waals surface area contributed by atoms with Crippen LogP contribution in [-0.4, -0.2) is 60.5 Å². The molecule has 1 amide bonds. The maximum atomic E-state index is 12.8. The van der Waals surface area contributed by atoms with Gasteiger partial charge in [0.05, 0.1) is 12.2 Å². The summed E-state index contributed by atoms with van der Waals surface area (Å²) < 4.78 is 11.1. The van der Waals surface area contributed by atoms with Crippen LogP contribution in [0.3, 0.4) is 0 Å². The first-order chi connectivity index (χ1) is 14.4. The Morgan fingerprint density at radius 2 is 2.10 bits per heavy atom. The van der Waals surface area contributed by atoms with Crippen LogP contribution in [0.2, 0.25) is 0 Å². The van der Waals surface area contributed by atoms with Gasteiger partial charge < -0.3 is 14.1 Å². The fraction of sp³-hybridized carbons (Fsp3) is 0.667. The molecule has 5 atom stereocenters. The minimum Gasteiger partial charge on any atom is -0.462 e. The van der Waals surface area contributed by atoms with Crippen LogP contribution >= 0.6 is 0 Å². The van der Waals surface area contributed by atoms with E-state index in [9.17, 15) is 9.59 Å². The number of carbonyl (C=O) groups is 2. The Morgan fingerprint density at radius 3 is 2.83 bits per heavy atom. The Hall–Kier alpha value is -2.08. The summed E-state index contributed by atoms with van der Waals surface area (Å²) >= 11 is 0. The molecule has 6 nitrogen and oxygen atoms in total. The van der Waals surface area contributed by atoms with Gasteiger partial charge in [0.1, 0.15) is 6.10 Å². The zero-order valence-corrected chi connectivity index (χ0v) is 17.8. The summed E-state index contributed by atoms with van der Waals surface area (Å²) in [6.45, 7) is 10.4. The van der Waals surface area contributed by atoms with Gasteiger partial charge in [-0.3, -0.25) is 14.5 Å². The van der Waals surface area contributed by atoms with Gasteiger partial charge in [0.15, 0.2) is 5.76 Å². The second-order valence-corrected chi connectivity index (χ2v) is 9.97. The fourth-order valence-corrected chi connectivity index (χ4v) is 6.43. The molecule has 4 aliphatic rings. The van der Waals surface area contributed by atoms with E-state index in [0.29, 0.717) is 30.7 Å². The molecule has 6 heteroatoms. The molecule has 1 aromatic heterocycles. The Kier molecular flexibility index (Phi) is 5.00. The van der Waals surface area contributed by atoms with Crippen molar-refractivity contribution in [2.75, 3.05) is 32.7 Å². The molecule has 0 bridgehead atoms. The monoisotopic (exact) mass is 412 g/mol. The Labute approximate surface area is 178 Å². The van der Waals surface area contributed by atoms with E-state index in [-0.39, 0.29) is 29.3 Å². The molecule has 0 N–H and O–H groups in total. The van der Waals surface area contributed by atoms with Crippen molar-refractivity contribution < 1.29 is 18.7 Å². The molecular formula is C24H32N2O4. The summed E-state index contributed by atoms with van der Waals surface area (Å²) in [5.41, 5.74) is 1.62. The number of carbonyl (C=O) groups excluding carboxylic acids is 2. The summed E-state index contributed by atoms with van der Waals surface area (Å²) in [4.78, 5) is 29.4. The quantitative estimate of drug-likeness (QED) is 0.563. The van der Waals surface area contributed by atoms with Crippen LogP contribution in [-0.2, 0) is 9.53 Å². The number of ether oxygens (including phenoxy) is 1. The van der Waals surface area contributed by atoms with E-state index in [1.807, 2.05) is 4.90 Å². The molecule has 0 aromatic carbocycles. The number of nitrogens with zero attached hydrogens (tertiary/aromatic N) is 2. The minimum absolute atomic E-state index is 0.0213. The van der Waals surface area contributed by atoms with Gasteiger partial charge in [-0.15, -0.1) is 0 Å². The first-order valence-electron chi connectivity index (χ1n) is 11.4. The molecule has 0 spiro atoms. The molecule has 0 radical (unpaired) electrons. The number of amides is 1. The molecule has 2 saturated heterocycles. The molecule has 4 fully saturated rings. The number of esters is 1.